The molecule has 0 radical (unpaired) electrons. The van der Waals surface area contributed by atoms with E-state index >= 15 is 0 Å². The Bertz CT molecular complexity index is 240. The van der Waals surface area contributed by atoms with Crippen molar-refractivity contribution < 1.29 is 4.79 Å². The first-order valence-electron chi connectivity index (χ1n) is 7.67. The number of nitrogens with one attached hydrogen (secondary N) is 2. The van der Waals surface area contributed by atoms with E-state index in [0.717, 1.165) is 44.7 Å². The van der Waals surface area contributed by atoms with Crippen LogP contribution in [0.4, 0.5) is 0 Å². The number of rotatable bonds is 7. The zero-order chi connectivity index (χ0) is 13.4. The SMILES string of the molecule is CCC(CC)(CC)NC(=O)CCC1CCNCC1.Cl. The van der Waals surface area contributed by atoms with Crippen LogP contribution >= 0.6 is 12.4 Å². The van der Waals surface area contributed by atoms with E-state index in [4.69, 9.17) is 0 Å². The second kappa shape index (κ2) is 9.60. The second-order valence-electron chi connectivity index (χ2n) is 5.62. The summed E-state index contributed by atoms with van der Waals surface area (Å²) in [5.41, 5.74) is 0.0329. The molecule has 0 unspecified atom stereocenters. The van der Waals surface area contributed by atoms with Gasteiger partial charge in [-0.25, -0.2) is 0 Å². The Morgan fingerprint density at radius 3 is 2.16 bits per heavy atom. The first-order chi connectivity index (χ1) is 8.65. The van der Waals surface area contributed by atoms with Crippen LogP contribution in [-0.2, 0) is 4.79 Å². The summed E-state index contributed by atoms with van der Waals surface area (Å²) in [7, 11) is 0. The van der Waals surface area contributed by atoms with Crippen molar-refractivity contribution >= 4 is 18.3 Å². The van der Waals surface area contributed by atoms with Crippen LogP contribution in [0.1, 0.15) is 65.7 Å². The lowest BCUT2D eigenvalue weighted by Crippen LogP contribution is -2.47. The van der Waals surface area contributed by atoms with Gasteiger partial charge in [0.05, 0.1) is 0 Å². The summed E-state index contributed by atoms with van der Waals surface area (Å²) in [6.45, 7) is 8.74. The molecular weight excluding hydrogens is 260 g/mol. The maximum atomic E-state index is 12.1. The fraction of sp³-hybridized carbons (Fsp3) is 0.933. The van der Waals surface area contributed by atoms with E-state index in [9.17, 15) is 4.79 Å². The topological polar surface area (TPSA) is 41.1 Å². The molecule has 0 atom stereocenters. The van der Waals surface area contributed by atoms with Gasteiger partial charge in [0.1, 0.15) is 0 Å². The van der Waals surface area contributed by atoms with Crippen molar-refractivity contribution in [3.63, 3.8) is 0 Å². The normalized spacial score (nSPS) is 16.8. The van der Waals surface area contributed by atoms with E-state index in [-0.39, 0.29) is 23.9 Å². The molecule has 1 aliphatic rings. The summed E-state index contributed by atoms with van der Waals surface area (Å²) in [4.78, 5) is 12.1. The zero-order valence-electron chi connectivity index (χ0n) is 12.8. The van der Waals surface area contributed by atoms with Crippen LogP contribution < -0.4 is 10.6 Å². The van der Waals surface area contributed by atoms with Crippen molar-refractivity contribution in [2.45, 2.75) is 71.3 Å². The highest BCUT2D eigenvalue weighted by atomic mass is 35.5. The van der Waals surface area contributed by atoms with Gasteiger partial charge in [0.15, 0.2) is 0 Å². The third-order valence-corrected chi connectivity index (χ3v) is 4.67. The van der Waals surface area contributed by atoms with E-state index in [1.165, 1.54) is 12.8 Å². The van der Waals surface area contributed by atoms with Gasteiger partial charge in [0, 0.05) is 12.0 Å². The number of halogens is 1. The van der Waals surface area contributed by atoms with Gasteiger partial charge in [-0.3, -0.25) is 4.79 Å². The molecule has 1 aliphatic heterocycles. The number of piperidine rings is 1. The predicted octanol–water partition coefficient (Wildman–Crippen LogP) is 3.27. The van der Waals surface area contributed by atoms with Crippen molar-refractivity contribution in [3.05, 3.63) is 0 Å². The smallest absolute Gasteiger partial charge is 0.220 e. The van der Waals surface area contributed by atoms with Crippen molar-refractivity contribution in [1.82, 2.24) is 10.6 Å². The van der Waals surface area contributed by atoms with Gasteiger partial charge in [-0.1, -0.05) is 20.8 Å². The molecule has 1 amide bonds. The molecule has 0 aromatic rings. The molecular formula is C15H31ClN2O. The Balaban J connectivity index is 0.00000324. The largest absolute Gasteiger partial charge is 0.351 e. The Morgan fingerprint density at radius 2 is 1.68 bits per heavy atom. The molecule has 0 saturated carbocycles. The van der Waals surface area contributed by atoms with Crippen molar-refractivity contribution in [2.24, 2.45) is 5.92 Å². The molecule has 1 fully saturated rings. The average molecular weight is 291 g/mol. The Hall–Kier alpha value is -0.280. The molecule has 1 heterocycles. The maximum absolute atomic E-state index is 12.1. The first-order valence-corrected chi connectivity index (χ1v) is 7.67. The first kappa shape index (κ1) is 18.7. The lowest BCUT2D eigenvalue weighted by molar-refractivity contribution is -0.123. The van der Waals surface area contributed by atoms with Crippen LogP contribution in [0.25, 0.3) is 0 Å². The lowest BCUT2D eigenvalue weighted by Gasteiger charge is -2.32. The number of carbonyl (C=O) groups is 1. The molecule has 3 nitrogen and oxygen atoms in total. The number of hydrogen-bond acceptors (Lipinski definition) is 2. The highest BCUT2D eigenvalue weighted by molar-refractivity contribution is 5.85. The van der Waals surface area contributed by atoms with Gasteiger partial charge in [0.25, 0.3) is 0 Å². The fourth-order valence-electron chi connectivity index (χ4n) is 2.88. The summed E-state index contributed by atoms with van der Waals surface area (Å²) in [6.07, 6.45) is 7.30. The molecule has 2 N–H and O–H groups in total. The Kier molecular flexibility index (Phi) is 9.46. The van der Waals surface area contributed by atoms with Gasteiger partial charge in [-0.2, -0.15) is 0 Å². The van der Waals surface area contributed by atoms with Crippen LogP contribution in [0.5, 0.6) is 0 Å². The van der Waals surface area contributed by atoms with Crippen molar-refractivity contribution in [3.8, 4) is 0 Å². The van der Waals surface area contributed by atoms with E-state index in [0.29, 0.717) is 6.42 Å². The van der Waals surface area contributed by atoms with Gasteiger partial charge < -0.3 is 10.6 Å². The molecule has 0 aliphatic carbocycles. The van der Waals surface area contributed by atoms with E-state index in [1.54, 1.807) is 0 Å². The molecule has 114 valence electrons. The molecule has 1 saturated heterocycles. The third-order valence-electron chi connectivity index (χ3n) is 4.67. The minimum absolute atomic E-state index is 0. The van der Waals surface area contributed by atoms with Crippen LogP contribution in [0.15, 0.2) is 0 Å². The maximum Gasteiger partial charge on any atom is 0.220 e. The lowest BCUT2D eigenvalue weighted by atomic mass is 9.89. The minimum atomic E-state index is 0. The van der Waals surface area contributed by atoms with Crippen molar-refractivity contribution in [1.29, 1.82) is 0 Å². The quantitative estimate of drug-likeness (QED) is 0.755. The molecule has 1 rings (SSSR count). The van der Waals surface area contributed by atoms with Crippen LogP contribution in [0.2, 0.25) is 0 Å². The van der Waals surface area contributed by atoms with Crippen LogP contribution in [0, 0.1) is 5.92 Å². The molecule has 0 spiro atoms. The molecule has 19 heavy (non-hydrogen) atoms. The summed E-state index contributed by atoms with van der Waals surface area (Å²) in [5, 5.41) is 6.63. The molecule has 4 heteroatoms. The highest BCUT2D eigenvalue weighted by Gasteiger charge is 2.25. The summed E-state index contributed by atoms with van der Waals surface area (Å²) in [6, 6.07) is 0. The number of hydrogen-bond donors (Lipinski definition) is 2. The fourth-order valence-corrected chi connectivity index (χ4v) is 2.88. The monoisotopic (exact) mass is 290 g/mol. The highest BCUT2D eigenvalue weighted by Crippen LogP contribution is 2.21. The van der Waals surface area contributed by atoms with Crippen LogP contribution in [-0.4, -0.2) is 24.5 Å². The van der Waals surface area contributed by atoms with Gasteiger partial charge in [-0.05, 0) is 57.5 Å². The minimum Gasteiger partial charge on any atom is -0.351 e. The summed E-state index contributed by atoms with van der Waals surface area (Å²) < 4.78 is 0. The molecule has 0 bridgehead atoms. The van der Waals surface area contributed by atoms with Gasteiger partial charge in [0.2, 0.25) is 5.91 Å². The molecule has 0 aromatic carbocycles. The third kappa shape index (κ3) is 6.13. The number of carbonyl (C=O) groups excluding carboxylic acids is 1. The van der Waals surface area contributed by atoms with Crippen molar-refractivity contribution in [2.75, 3.05) is 13.1 Å². The summed E-state index contributed by atoms with van der Waals surface area (Å²) >= 11 is 0. The van der Waals surface area contributed by atoms with Crippen LogP contribution in [0.3, 0.4) is 0 Å². The zero-order valence-corrected chi connectivity index (χ0v) is 13.6. The Morgan fingerprint density at radius 1 is 1.16 bits per heavy atom. The second-order valence-corrected chi connectivity index (χ2v) is 5.62. The van der Waals surface area contributed by atoms with Gasteiger partial charge >= 0.3 is 0 Å². The molecule has 0 aromatic heterocycles. The van der Waals surface area contributed by atoms with E-state index in [2.05, 4.69) is 31.4 Å². The Labute approximate surface area is 124 Å². The summed E-state index contributed by atoms with van der Waals surface area (Å²) in [5.74, 6) is 0.996. The van der Waals surface area contributed by atoms with E-state index in [1.807, 2.05) is 0 Å². The predicted molar refractivity (Wildman–Crippen MR) is 83.8 cm³/mol. The van der Waals surface area contributed by atoms with Gasteiger partial charge in [-0.15, -0.1) is 12.4 Å². The average Bonchev–Trinajstić information content (AvgIpc) is 2.44. The standard InChI is InChI=1S/C15H30N2O.ClH/c1-4-15(5-2,6-3)17-14(18)8-7-13-9-11-16-12-10-13;/h13,16H,4-12H2,1-3H3,(H,17,18);1H. The number of amides is 1. The van der Waals surface area contributed by atoms with E-state index < -0.39 is 0 Å².